The molecular formula is C13H13N3O4S. The van der Waals surface area contributed by atoms with Gasteiger partial charge in [-0.2, -0.15) is 0 Å². The van der Waals surface area contributed by atoms with Gasteiger partial charge in [0.05, 0.1) is 11.8 Å². The molecule has 0 bridgehead atoms. The maximum absolute atomic E-state index is 11.3. The van der Waals surface area contributed by atoms with Gasteiger partial charge in [0, 0.05) is 17.4 Å². The highest BCUT2D eigenvalue weighted by atomic mass is 32.2. The summed E-state index contributed by atoms with van der Waals surface area (Å²) in [7, 11) is -3.41. The van der Waals surface area contributed by atoms with Crippen molar-refractivity contribution in [1.82, 2.24) is 4.98 Å². The third kappa shape index (κ3) is 3.69. The number of hydrogen-bond donors (Lipinski definition) is 3. The van der Waals surface area contributed by atoms with Crippen molar-refractivity contribution in [1.29, 1.82) is 0 Å². The Morgan fingerprint density at radius 1 is 1.33 bits per heavy atom. The van der Waals surface area contributed by atoms with Crippen LogP contribution in [0.25, 0.3) is 11.1 Å². The summed E-state index contributed by atoms with van der Waals surface area (Å²) in [6.07, 6.45) is 2.38. The summed E-state index contributed by atoms with van der Waals surface area (Å²) in [4.78, 5) is 15.1. The predicted molar refractivity (Wildman–Crippen MR) is 79.5 cm³/mol. The largest absolute Gasteiger partial charge is 0.478 e. The molecule has 0 aliphatic heterocycles. The van der Waals surface area contributed by atoms with E-state index in [-0.39, 0.29) is 11.4 Å². The van der Waals surface area contributed by atoms with Gasteiger partial charge < -0.3 is 10.8 Å². The quantitative estimate of drug-likeness (QED) is 0.784. The number of sulfonamides is 1. The lowest BCUT2D eigenvalue weighted by molar-refractivity contribution is 0.0697. The Bertz CT molecular complexity index is 803. The summed E-state index contributed by atoms with van der Waals surface area (Å²) in [5, 5.41) is 9.21. The lowest BCUT2D eigenvalue weighted by Gasteiger charge is -2.09. The monoisotopic (exact) mass is 307 g/mol. The van der Waals surface area contributed by atoms with Crippen LogP contribution in [0.1, 0.15) is 10.4 Å². The molecule has 1 aromatic carbocycles. The van der Waals surface area contributed by atoms with Gasteiger partial charge in [0.2, 0.25) is 10.0 Å². The lowest BCUT2D eigenvalue weighted by atomic mass is 10.0. The minimum absolute atomic E-state index is 0.000921. The molecule has 0 aliphatic rings. The molecule has 21 heavy (non-hydrogen) atoms. The number of carboxylic acids is 1. The van der Waals surface area contributed by atoms with Crippen molar-refractivity contribution in [3.8, 4) is 11.1 Å². The topological polar surface area (TPSA) is 122 Å². The zero-order chi connectivity index (χ0) is 15.6. The zero-order valence-electron chi connectivity index (χ0n) is 11.1. The summed E-state index contributed by atoms with van der Waals surface area (Å²) in [5.74, 6) is -1.04. The normalized spacial score (nSPS) is 11.1. The Morgan fingerprint density at radius 2 is 2.05 bits per heavy atom. The van der Waals surface area contributed by atoms with E-state index in [4.69, 9.17) is 5.73 Å². The maximum Gasteiger partial charge on any atom is 0.336 e. The fourth-order valence-corrected chi connectivity index (χ4v) is 2.40. The second-order valence-corrected chi connectivity index (χ2v) is 6.16. The highest BCUT2D eigenvalue weighted by molar-refractivity contribution is 7.92. The van der Waals surface area contributed by atoms with Crippen LogP contribution in [0.4, 0.5) is 11.5 Å². The number of nitrogens with zero attached hydrogens (tertiary/aromatic N) is 1. The van der Waals surface area contributed by atoms with Gasteiger partial charge in [-0.1, -0.05) is 12.1 Å². The van der Waals surface area contributed by atoms with E-state index < -0.39 is 16.0 Å². The first kappa shape index (κ1) is 14.8. The van der Waals surface area contributed by atoms with Crippen LogP contribution in [0.3, 0.4) is 0 Å². The fourth-order valence-electron chi connectivity index (χ4n) is 1.84. The van der Waals surface area contributed by atoms with Crippen molar-refractivity contribution >= 4 is 27.5 Å². The number of hydrogen-bond acceptors (Lipinski definition) is 5. The molecule has 0 unspecified atom stereocenters. The molecule has 0 spiro atoms. The summed E-state index contributed by atoms with van der Waals surface area (Å²) in [6, 6.07) is 7.63. The Balaban J connectivity index is 2.53. The van der Waals surface area contributed by atoms with Gasteiger partial charge in [0.1, 0.15) is 5.82 Å². The highest BCUT2D eigenvalue weighted by Gasteiger charge is 2.13. The number of carbonyl (C=O) groups is 1. The molecule has 0 aliphatic carbocycles. The molecule has 4 N–H and O–H groups in total. The average molecular weight is 307 g/mol. The molecule has 2 rings (SSSR count). The van der Waals surface area contributed by atoms with Crippen molar-refractivity contribution in [3.63, 3.8) is 0 Å². The number of anilines is 2. The van der Waals surface area contributed by atoms with Crippen molar-refractivity contribution in [2.75, 3.05) is 16.7 Å². The first-order valence-electron chi connectivity index (χ1n) is 5.83. The SMILES string of the molecule is CS(=O)(=O)Nc1cccc(-c2cnc(N)cc2C(=O)O)c1. The molecule has 0 atom stereocenters. The minimum Gasteiger partial charge on any atom is -0.478 e. The Morgan fingerprint density at radius 3 is 2.67 bits per heavy atom. The van der Waals surface area contributed by atoms with E-state index in [0.29, 0.717) is 16.8 Å². The third-order valence-corrected chi connectivity index (χ3v) is 3.24. The number of carboxylic acid groups (broad SMARTS) is 1. The van der Waals surface area contributed by atoms with Crippen LogP contribution < -0.4 is 10.5 Å². The van der Waals surface area contributed by atoms with Gasteiger partial charge in [-0.15, -0.1) is 0 Å². The summed E-state index contributed by atoms with van der Waals surface area (Å²) in [6.45, 7) is 0. The van der Waals surface area contributed by atoms with Gasteiger partial charge in [0.25, 0.3) is 0 Å². The second kappa shape index (κ2) is 5.41. The van der Waals surface area contributed by atoms with Crippen LogP contribution in [-0.2, 0) is 10.0 Å². The van der Waals surface area contributed by atoms with E-state index in [9.17, 15) is 18.3 Å². The molecule has 0 radical (unpaired) electrons. The van der Waals surface area contributed by atoms with E-state index in [1.54, 1.807) is 18.2 Å². The average Bonchev–Trinajstić information content (AvgIpc) is 2.36. The number of benzene rings is 1. The number of aromatic nitrogens is 1. The van der Waals surface area contributed by atoms with Crippen LogP contribution in [-0.4, -0.2) is 30.7 Å². The highest BCUT2D eigenvalue weighted by Crippen LogP contribution is 2.27. The molecule has 7 nitrogen and oxygen atoms in total. The van der Waals surface area contributed by atoms with E-state index in [2.05, 4.69) is 9.71 Å². The minimum atomic E-state index is -3.41. The van der Waals surface area contributed by atoms with Gasteiger partial charge >= 0.3 is 5.97 Å². The smallest absolute Gasteiger partial charge is 0.336 e. The fraction of sp³-hybridized carbons (Fsp3) is 0.0769. The standard InChI is InChI=1S/C13H13N3O4S/c1-21(19,20)16-9-4-2-3-8(5-9)11-7-15-12(14)6-10(11)13(17)18/h2-7,16H,1H3,(H2,14,15)(H,17,18). The number of nitrogen functional groups attached to an aromatic ring is 1. The van der Waals surface area contributed by atoms with Crippen molar-refractivity contribution in [3.05, 3.63) is 42.1 Å². The number of rotatable bonds is 4. The van der Waals surface area contributed by atoms with E-state index in [1.807, 2.05) is 0 Å². The second-order valence-electron chi connectivity index (χ2n) is 4.41. The molecule has 8 heteroatoms. The number of nitrogens with two attached hydrogens (primary N) is 1. The number of pyridine rings is 1. The molecule has 0 amide bonds. The van der Waals surface area contributed by atoms with Crippen LogP contribution in [0.15, 0.2) is 36.5 Å². The first-order valence-corrected chi connectivity index (χ1v) is 7.72. The van der Waals surface area contributed by atoms with E-state index in [1.165, 1.54) is 18.3 Å². The Kier molecular flexibility index (Phi) is 3.81. The summed E-state index contributed by atoms with van der Waals surface area (Å²) >= 11 is 0. The van der Waals surface area contributed by atoms with Gasteiger partial charge in [-0.3, -0.25) is 4.72 Å². The molecule has 110 valence electrons. The van der Waals surface area contributed by atoms with Crippen molar-refractivity contribution < 1.29 is 18.3 Å². The molecule has 2 aromatic rings. The zero-order valence-corrected chi connectivity index (χ0v) is 11.9. The van der Waals surface area contributed by atoms with Crippen LogP contribution in [0.2, 0.25) is 0 Å². The van der Waals surface area contributed by atoms with E-state index in [0.717, 1.165) is 6.26 Å². The molecule has 0 fully saturated rings. The number of aromatic carboxylic acids is 1. The van der Waals surface area contributed by atoms with Crippen LogP contribution in [0.5, 0.6) is 0 Å². The third-order valence-electron chi connectivity index (χ3n) is 2.63. The molecule has 0 saturated heterocycles. The molecular weight excluding hydrogens is 294 g/mol. The lowest BCUT2D eigenvalue weighted by Crippen LogP contribution is -2.09. The maximum atomic E-state index is 11.3. The molecule has 1 heterocycles. The molecule has 1 aromatic heterocycles. The van der Waals surface area contributed by atoms with Crippen molar-refractivity contribution in [2.24, 2.45) is 0 Å². The Hall–Kier alpha value is -2.61. The van der Waals surface area contributed by atoms with Gasteiger partial charge in [0.15, 0.2) is 0 Å². The van der Waals surface area contributed by atoms with Crippen molar-refractivity contribution in [2.45, 2.75) is 0 Å². The van der Waals surface area contributed by atoms with Crippen LogP contribution >= 0.6 is 0 Å². The predicted octanol–water partition coefficient (Wildman–Crippen LogP) is 1.40. The number of nitrogens with one attached hydrogen (secondary N) is 1. The Labute approximate surface area is 121 Å². The van der Waals surface area contributed by atoms with Crippen LogP contribution in [0, 0.1) is 0 Å². The molecule has 0 saturated carbocycles. The summed E-state index contributed by atoms with van der Waals surface area (Å²) < 4.78 is 24.8. The first-order chi connectivity index (χ1) is 9.76. The van der Waals surface area contributed by atoms with E-state index >= 15 is 0 Å². The van der Waals surface area contributed by atoms with Gasteiger partial charge in [-0.25, -0.2) is 18.2 Å². The summed E-state index contributed by atoms with van der Waals surface area (Å²) in [5.41, 5.74) is 6.70. The van der Waals surface area contributed by atoms with Gasteiger partial charge in [-0.05, 0) is 23.8 Å².